The number of hydrogen-bond acceptors (Lipinski definition) is 3. The summed E-state index contributed by atoms with van der Waals surface area (Å²) in [5.41, 5.74) is 2.11. The molecule has 1 N–H and O–H groups in total. The van der Waals surface area contributed by atoms with Gasteiger partial charge in [0, 0.05) is 20.1 Å². The highest BCUT2D eigenvalue weighted by molar-refractivity contribution is 5.30. The van der Waals surface area contributed by atoms with Gasteiger partial charge in [-0.1, -0.05) is 6.08 Å². The fourth-order valence-corrected chi connectivity index (χ4v) is 1.44. The van der Waals surface area contributed by atoms with Gasteiger partial charge in [0.05, 0.1) is 18.4 Å². The van der Waals surface area contributed by atoms with Gasteiger partial charge in [0.2, 0.25) is 5.88 Å². The standard InChI is InChI=1S/C10H17N3O/c1-5-6-11-7-9-8(2)12-13(3)10(9)14-4/h5,11H,1,6-7H2,2-4H3. The molecule has 0 unspecified atom stereocenters. The average molecular weight is 195 g/mol. The third-order valence-corrected chi connectivity index (χ3v) is 2.07. The maximum absolute atomic E-state index is 5.26. The van der Waals surface area contributed by atoms with Crippen LogP contribution in [0.1, 0.15) is 11.3 Å². The molecular weight excluding hydrogens is 178 g/mol. The molecule has 0 aliphatic heterocycles. The van der Waals surface area contributed by atoms with Gasteiger partial charge in [-0.25, -0.2) is 4.68 Å². The third-order valence-electron chi connectivity index (χ3n) is 2.07. The molecule has 0 fully saturated rings. The second-order valence-corrected chi connectivity index (χ2v) is 3.12. The molecule has 0 aliphatic carbocycles. The molecule has 0 amide bonds. The number of nitrogens with one attached hydrogen (secondary N) is 1. The van der Waals surface area contributed by atoms with Gasteiger partial charge in [0.15, 0.2) is 0 Å². The molecule has 1 rings (SSSR count). The van der Waals surface area contributed by atoms with Gasteiger partial charge >= 0.3 is 0 Å². The van der Waals surface area contributed by atoms with Crippen LogP contribution in [0.5, 0.6) is 5.88 Å². The van der Waals surface area contributed by atoms with Crippen LogP contribution in [0.4, 0.5) is 0 Å². The van der Waals surface area contributed by atoms with Gasteiger partial charge in [0.25, 0.3) is 0 Å². The van der Waals surface area contributed by atoms with Crippen molar-refractivity contribution in [3.63, 3.8) is 0 Å². The topological polar surface area (TPSA) is 39.1 Å². The van der Waals surface area contributed by atoms with Gasteiger partial charge in [-0.2, -0.15) is 5.10 Å². The molecule has 0 radical (unpaired) electrons. The first kappa shape index (κ1) is 10.8. The molecule has 4 nitrogen and oxygen atoms in total. The van der Waals surface area contributed by atoms with E-state index in [1.165, 1.54) is 0 Å². The zero-order chi connectivity index (χ0) is 10.6. The fraction of sp³-hybridized carbons (Fsp3) is 0.500. The lowest BCUT2D eigenvalue weighted by molar-refractivity contribution is 0.368. The highest BCUT2D eigenvalue weighted by Gasteiger charge is 2.12. The van der Waals surface area contributed by atoms with Gasteiger partial charge in [-0.05, 0) is 6.92 Å². The molecule has 0 spiro atoms. The largest absolute Gasteiger partial charge is 0.481 e. The average Bonchev–Trinajstić information content (AvgIpc) is 2.42. The zero-order valence-corrected chi connectivity index (χ0v) is 9.00. The van der Waals surface area contributed by atoms with E-state index in [1.807, 2.05) is 20.0 Å². The summed E-state index contributed by atoms with van der Waals surface area (Å²) in [4.78, 5) is 0. The molecule has 0 atom stereocenters. The minimum absolute atomic E-state index is 0.759. The second-order valence-electron chi connectivity index (χ2n) is 3.12. The molecule has 0 bridgehead atoms. The Hall–Kier alpha value is -1.29. The summed E-state index contributed by atoms with van der Waals surface area (Å²) in [6.45, 7) is 7.18. The maximum Gasteiger partial charge on any atom is 0.216 e. The molecule has 1 heterocycles. The van der Waals surface area contributed by atoms with Gasteiger partial charge in [-0.3, -0.25) is 0 Å². The van der Waals surface area contributed by atoms with Gasteiger partial charge in [0.1, 0.15) is 0 Å². The quantitative estimate of drug-likeness (QED) is 0.563. The van der Waals surface area contributed by atoms with Crippen molar-refractivity contribution in [2.75, 3.05) is 13.7 Å². The molecule has 0 saturated carbocycles. The summed E-state index contributed by atoms with van der Waals surface area (Å²) in [5.74, 6) is 0.819. The lowest BCUT2D eigenvalue weighted by Crippen LogP contribution is -2.13. The van der Waals surface area contributed by atoms with Crippen LogP contribution in [-0.2, 0) is 13.6 Å². The monoisotopic (exact) mass is 195 g/mol. The Morgan fingerprint density at radius 3 is 2.93 bits per heavy atom. The van der Waals surface area contributed by atoms with Crippen LogP contribution in [0.3, 0.4) is 0 Å². The van der Waals surface area contributed by atoms with Crippen molar-refractivity contribution in [2.24, 2.45) is 7.05 Å². The Balaban J connectivity index is 2.77. The van der Waals surface area contributed by atoms with Gasteiger partial charge in [-0.15, -0.1) is 6.58 Å². The smallest absolute Gasteiger partial charge is 0.216 e. The van der Waals surface area contributed by atoms with Crippen molar-refractivity contribution >= 4 is 0 Å². The van der Waals surface area contributed by atoms with Crippen LogP contribution < -0.4 is 10.1 Å². The lowest BCUT2D eigenvalue weighted by Gasteiger charge is -2.04. The molecule has 0 aromatic carbocycles. The van der Waals surface area contributed by atoms with E-state index < -0.39 is 0 Å². The van der Waals surface area contributed by atoms with E-state index in [4.69, 9.17) is 4.74 Å². The van der Waals surface area contributed by atoms with Crippen molar-refractivity contribution in [1.82, 2.24) is 15.1 Å². The number of methoxy groups -OCH3 is 1. The van der Waals surface area contributed by atoms with Crippen LogP contribution in [0, 0.1) is 6.92 Å². The van der Waals surface area contributed by atoms with E-state index in [9.17, 15) is 0 Å². The van der Waals surface area contributed by atoms with Crippen molar-refractivity contribution < 1.29 is 4.74 Å². The predicted molar refractivity (Wildman–Crippen MR) is 56.4 cm³/mol. The van der Waals surface area contributed by atoms with Crippen LogP contribution >= 0.6 is 0 Å². The van der Waals surface area contributed by atoms with E-state index in [0.29, 0.717) is 0 Å². The molecule has 0 aliphatic rings. The molecular formula is C10H17N3O. The number of rotatable bonds is 5. The fourth-order valence-electron chi connectivity index (χ4n) is 1.44. The summed E-state index contributed by atoms with van der Waals surface area (Å²) in [6, 6.07) is 0. The Morgan fingerprint density at radius 2 is 2.36 bits per heavy atom. The number of nitrogens with zero attached hydrogens (tertiary/aromatic N) is 2. The van der Waals surface area contributed by atoms with Crippen LogP contribution in [0.15, 0.2) is 12.7 Å². The number of aromatic nitrogens is 2. The lowest BCUT2D eigenvalue weighted by atomic mass is 10.2. The van der Waals surface area contributed by atoms with Crippen molar-refractivity contribution in [1.29, 1.82) is 0 Å². The Kier molecular flexibility index (Phi) is 3.71. The van der Waals surface area contributed by atoms with Crippen LogP contribution in [0.25, 0.3) is 0 Å². The van der Waals surface area contributed by atoms with Crippen LogP contribution in [0.2, 0.25) is 0 Å². The molecule has 14 heavy (non-hydrogen) atoms. The van der Waals surface area contributed by atoms with E-state index in [1.54, 1.807) is 11.8 Å². The molecule has 78 valence electrons. The number of ether oxygens (including phenoxy) is 1. The Labute approximate surface area is 84.6 Å². The first-order valence-corrected chi connectivity index (χ1v) is 4.58. The SMILES string of the molecule is C=CCNCc1c(C)nn(C)c1OC. The number of hydrogen-bond donors (Lipinski definition) is 1. The Bertz CT molecular complexity index is 317. The third kappa shape index (κ3) is 2.14. The minimum atomic E-state index is 0.759. The van der Waals surface area contributed by atoms with Crippen LogP contribution in [-0.4, -0.2) is 23.4 Å². The normalized spacial score (nSPS) is 10.2. The van der Waals surface area contributed by atoms with E-state index in [0.717, 1.165) is 30.2 Å². The molecule has 1 aromatic rings. The number of aryl methyl sites for hydroxylation is 2. The zero-order valence-electron chi connectivity index (χ0n) is 9.00. The van der Waals surface area contributed by atoms with Crippen molar-refractivity contribution in [3.05, 3.63) is 23.9 Å². The first-order valence-electron chi connectivity index (χ1n) is 4.58. The summed E-state index contributed by atoms with van der Waals surface area (Å²) in [5, 5.41) is 7.52. The van der Waals surface area contributed by atoms with Crippen molar-refractivity contribution in [2.45, 2.75) is 13.5 Å². The summed E-state index contributed by atoms with van der Waals surface area (Å²) >= 11 is 0. The summed E-state index contributed by atoms with van der Waals surface area (Å²) in [7, 11) is 3.54. The predicted octanol–water partition coefficient (Wildman–Crippen LogP) is 1.01. The van der Waals surface area contributed by atoms with E-state index >= 15 is 0 Å². The second kappa shape index (κ2) is 4.81. The highest BCUT2D eigenvalue weighted by atomic mass is 16.5. The minimum Gasteiger partial charge on any atom is -0.481 e. The van der Waals surface area contributed by atoms with Crippen molar-refractivity contribution in [3.8, 4) is 5.88 Å². The first-order chi connectivity index (χ1) is 6.70. The highest BCUT2D eigenvalue weighted by Crippen LogP contribution is 2.20. The molecule has 4 heteroatoms. The van der Waals surface area contributed by atoms with E-state index in [2.05, 4.69) is 17.0 Å². The van der Waals surface area contributed by atoms with Gasteiger partial charge < -0.3 is 10.1 Å². The molecule has 0 saturated heterocycles. The Morgan fingerprint density at radius 1 is 1.64 bits per heavy atom. The maximum atomic E-state index is 5.26. The van der Waals surface area contributed by atoms with E-state index in [-0.39, 0.29) is 0 Å². The summed E-state index contributed by atoms with van der Waals surface area (Å²) in [6.07, 6.45) is 1.83. The summed E-state index contributed by atoms with van der Waals surface area (Å²) < 4.78 is 7.01. The molecule has 1 aromatic heterocycles.